The maximum Gasteiger partial charge on any atom is 0.243 e. The number of rotatable bonds is 14. The van der Waals surface area contributed by atoms with Crippen molar-refractivity contribution < 1.29 is 14.3 Å². The van der Waals surface area contributed by atoms with E-state index in [0.29, 0.717) is 41.5 Å². The Balaban J connectivity index is 1.85. The van der Waals surface area contributed by atoms with Crippen LogP contribution in [0.15, 0.2) is 42.5 Å². The van der Waals surface area contributed by atoms with Crippen molar-refractivity contribution in [2.45, 2.75) is 51.9 Å². The highest BCUT2D eigenvalue weighted by Crippen LogP contribution is 2.29. The van der Waals surface area contributed by atoms with Crippen molar-refractivity contribution >= 4 is 22.8 Å². The van der Waals surface area contributed by atoms with Gasteiger partial charge in [0.25, 0.3) is 0 Å². The second kappa shape index (κ2) is 14.0. The van der Waals surface area contributed by atoms with Crippen molar-refractivity contribution in [1.82, 2.24) is 15.3 Å². The average Bonchev–Trinajstić information content (AvgIpc) is 2.93. The van der Waals surface area contributed by atoms with Crippen molar-refractivity contribution in [3.63, 3.8) is 0 Å². The number of hydrogen-bond donors (Lipinski definition) is 1. The normalized spacial score (nSPS) is 11.5. The van der Waals surface area contributed by atoms with Gasteiger partial charge < -0.3 is 19.7 Å². The van der Waals surface area contributed by atoms with Gasteiger partial charge >= 0.3 is 0 Å². The number of carbonyl (C=O) groups is 1. The minimum atomic E-state index is -1.07. The van der Waals surface area contributed by atoms with Crippen LogP contribution < -0.4 is 19.7 Å². The number of fused-ring (bicyclic) bond motifs is 1. The lowest BCUT2D eigenvalue weighted by atomic mass is 10.0. The minimum absolute atomic E-state index is 0.373. The monoisotopic (exact) mass is 503 g/mol. The second-order valence-electron chi connectivity index (χ2n) is 8.91. The lowest BCUT2D eigenvalue weighted by molar-refractivity contribution is -0.121. The zero-order valence-corrected chi connectivity index (χ0v) is 22.3. The summed E-state index contributed by atoms with van der Waals surface area (Å²) in [7, 11) is 3.18. The molecule has 1 heterocycles. The molecule has 8 heteroatoms. The maximum atomic E-state index is 13.3. The largest absolute Gasteiger partial charge is 0.493 e. The zero-order chi connectivity index (χ0) is 26.6. The summed E-state index contributed by atoms with van der Waals surface area (Å²) in [5.41, 5.74) is 2.83. The topological polar surface area (TPSA) is 100 Å². The number of anilines is 1. The van der Waals surface area contributed by atoms with E-state index in [0.717, 1.165) is 49.9 Å². The number of hydrogen-bond acceptors (Lipinski definition) is 7. The summed E-state index contributed by atoms with van der Waals surface area (Å²) in [6, 6.07) is 15.4. The van der Waals surface area contributed by atoms with Gasteiger partial charge in [0.1, 0.15) is 5.69 Å². The molecule has 8 nitrogen and oxygen atoms in total. The molecule has 0 radical (unpaired) electrons. The van der Waals surface area contributed by atoms with Crippen LogP contribution in [0.25, 0.3) is 11.0 Å². The molecular weight excluding hydrogens is 466 g/mol. The lowest BCUT2D eigenvalue weighted by Crippen LogP contribution is -2.34. The lowest BCUT2D eigenvalue weighted by Gasteiger charge is -2.26. The first-order valence-corrected chi connectivity index (χ1v) is 13.0. The Bertz CT molecular complexity index is 1220. The van der Waals surface area contributed by atoms with Crippen LogP contribution >= 0.6 is 0 Å². The molecule has 0 spiro atoms. The Labute approximate surface area is 219 Å². The van der Waals surface area contributed by atoms with Gasteiger partial charge in [-0.2, -0.15) is 5.26 Å². The third kappa shape index (κ3) is 7.10. The van der Waals surface area contributed by atoms with Gasteiger partial charge in [0.2, 0.25) is 5.91 Å². The molecule has 0 saturated carbocycles. The zero-order valence-electron chi connectivity index (χ0n) is 22.3. The van der Waals surface area contributed by atoms with Crippen molar-refractivity contribution in [3.8, 4) is 17.6 Å². The highest BCUT2D eigenvalue weighted by molar-refractivity contribution is 5.88. The van der Waals surface area contributed by atoms with E-state index >= 15 is 0 Å². The number of ether oxygens (including phenoxy) is 2. The van der Waals surface area contributed by atoms with E-state index < -0.39 is 5.92 Å². The molecule has 1 amide bonds. The molecule has 1 N–H and O–H groups in total. The van der Waals surface area contributed by atoms with Gasteiger partial charge in [0, 0.05) is 19.6 Å². The SMILES string of the molecule is CCCCN(CCCC)c1nc2ccccc2nc1C(C#N)C(=O)NCCc1ccc(OC)c(OC)c1. The van der Waals surface area contributed by atoms with Gasteiger partial charge in [0.05, 0.1) is 31.3 Å². The first-order chi connectivity index (χ1) is 18.1. The van der Waals surface area contributed by atoms with E-state index in [1.54, 1.807) is 14.2 Å². The second-order valence-corrected chi connectivity index (χ2v) is 8.91. The maximum absolute atomic E-state index is 13.3. The molecule has 0 aliphatic carbocycles. The van der Waals surface area contributed by atoms with E-state index in [2.05, 4.69) is 30.1 Å². The third-order valence-electron chi connectivity index (χ3n) is 6.27. The van der Waals surface area contributed by atoms with E-state index in [9.17, 15) is 10.1 Å². The quantitative estimate of drug-likeness (QED) is 0.330. The number of methoxy groups -OCH3 is 2. The highest BCUT2D eigenvalue weighted by atomic mass is 16.5. The van der Waals surface area contributed by atoms with Crippen LogP contribution in [-0.4, -0.2) is 49.7 Å². The molecule has 1 aromatic heterocycles. The van der Waals surface area contributed by atoms with E-state index in [1.807, 2.05) is 42.5 Å². The first kappa shape index (κ1) is 27.7. The Kier molecular flexibility index (Phi) is 10.5. The standard InChI is InChI=1S/C29H37N5O3/c1-5-7-17-34(18-8-6-2)28-27(32-23-11-9-10-12-24(23)33-28)22(20-30)29(35)31-16-15-21-13-14-25(36-3)26(19-21)37-4/h9-14,19,22H,5-8,15-18H2,1-4H3,(H,31,35). The molecule has 0 aliphatic rings. The number of nitrogens with zero attached hydrogens (tertiary/aromatic N) is 4. The van der Waals surface area contributed by atoms with Gasteiger partial charge in [0.15, 0.2) is 23.2 Å². The predicted octanol–water partition coefficient (Wildman–Crippen LogP) is 5.02. The van der Waals surface area contributed by atoms with Crippen LogP contribution in [0, 0.1) is 11.3 Å². The molecule has 0 aliphatic heterocycles. The van der Waals surface area contributed by atoms with Gasteiger partial charge in [-0.25, -0.2) is 9.97 Å². The Morgan fingerprint density at radius 2 is 1.65 bits per heavy atom. The molecule has 0 saturated heterocycles. The number of para-hydroxylation sites is 2. The van der Waals surface area contributed by atoms with Gasteiger partial charge in [-0.1, -0.05) is 44.9 Å². The Morgan fingerprint density at radius 1 is 1.00 bits per heavy atom. The summed E-state index contributed by atoms with van der Waals surface area (Å²) in [5.74, 6) is 0.472. The number of nitriles is 1. The van der Waals surface area contributed by atoms with Crippen LogP contribution in [-0.2, 0) is 11.2 Å². The molecule has 196 valence electrons. The molecule has 37 heavy (non-hydrogen) atoms. The van der Waals surface area contributed by atoms with Crippen LogP contribution in [0.2, 0.25) is 0 Å². The minimum Gasteiger partial charge on any atom is -0.493 e. The van der Waals surface area contributed by atoms with Crippen molar-refractivity contribution in [1.29, 1.82) is 5.26 Å². The number of amides is 1. The molecule has 1 unspecified atom stereocenters. The molecule has 3 rings (SSSR count). The van der Waals surface area contributed by atoms with Crippen molar-refractivity contribution in [2.75, 3.05) is 38.8 Å². The fourth-order valence-electron chi connectivity index (χ4n) is 4.16. The molecule has 1 atom stereocenters. The molecule has 0 bridgehead atoms. The summed E-state index contributed by atoms with van der Waals surface area (Å²) < 4.78 is 10.7. The van der Waals surface area contributed by atoms with Crippen LogP contribution in [0.3, 0.4) is 0 Å². The fourth-order valence-corrected chi connectivity index (χ4v) is 4.16. The molecular formula is C29H37N5O3. The van der Waals surface area contributed by atoms with Crippen molar-refractivity contribution in [3.05, 3.63) is 53.7 Å². The summed E-state index contributed by atoms with van der Waals surface area (Å²) in [6.45, 7) is 6.27. The predicted molar refractivity (Wildman–Crippen MR) is 146 cm³/mol. The van der Waals surface area contributed by atoms with Gasteiger partial charge in [-0.3, -0.25) is 4.79 Å². The van der Waals surface area contributed by atoms with Gasteiger partial charge in [-0.15, -0.1) is 0 Å². The van der Waals surface area contributed by atoms with Crippen LogP contribution in [0.1, 0.15) is 56.7 Å². The van der Waals surface area contributed by atoms with E-state index in [-0.39, 0.29) is 5.91 Å². The third-order valence-corrected chi connectivity index (χ3v) is 6.27. The average molecular weight is 504 g/mol. The molecule has 2 aromatic carbocycles. The number of unbranched alkanes of at least 4 members (excludes halogenated alkanes) is 2. The summed E-state index contributed by atoms with van der Waals surface area (Å²) in [6.07, 6.45) is 4.65. The van der Waals surface area contributed by atoms with E-state index in [4.69, 9.17) is 19.4 Å². The fraction of sp³-hybridized carbons (Fsp3) is 0.448. The number of carbonyl (C=O) groups excluding carboxylic acids is 1. The number of aromatic nitrogens is 2. The van der Waals surface area contributed by atoms with E-state index in [1.165, 1.54) is 0 Å². The van der Waals surface area contributed by atoms with Gasteiger partial charge in [-0.05, 0) is 49.1 Å². The highest BCUT2D eigenvalue weighted by Gasteiger charge is 2.28. The molecule has 0 fully saturated rings. The summed E-state index contributed by atoms with van der Waals surface area (Å²) in [4.78, 5) is 25.1. The van der Waals surface area contributed by atoms with Crippen LogP contribution in [0.4, 0.5) is 5.82 Å². The smallest absolute Gasteiger partial charge is 0.243 e. The summed E-state index contributed by atoms with van der Waals surface area (Å²) in [5, 5.41) is 13.0. The van der Waals surface area contributed by atoms with Crippen LogP contribution in [0.5, 0.6) is 11.5 Å². The number of nitrogens with one attached hydrogen (secondary N) is 1. The first-order valence-electron chi connectivity index (χ1n) is 13.0. The Morgan fingerprint density at radius 3 is 2.24 bits per heavy atom. The summed E-state index contributed by atoms with van der Waals surface area (Å²) >= 11 is 0. The molecule has 3 aromatic rings. The Hall–Kier alpha value is -3.86. The number of benzene rings is 2. The van der Waals surface area contributed by atoms with Crippen molar-refractivity contribution in [2.24, 2.45) is 0 Å².